The number of nitrogens with one attached hydrogen (secondary N) is 2. The van der Waals surface area contributed by atoms with E-state index in [1.54, 1.807) is 13.8 Å². The molecule has 0 bridgehead atoms. The summed E-state index contributed by atoms with van der Waals surface area (Å²) < 4.78 is 27.0. The first-order valence-electron chi connectivity index (χ1n) is 6.53. The number of H-pyrrole nitrogens is 1. The van der Waals surface area contributed by atoms with Crippen LogP contribution < -0.4 is 4.72 Å². The molecular weight excluding hydrogens is 282 g/mol. The van der Waals surface area contributed by atoms with E-state index in [-0.39, 0.29) is 5.03 Å². The van der Waals surface area contributed by atoms with Gasteiger partial charge in [-0.2, -0.15) is 0 Å². The summed E-state index contributed by atoms with van der Waals surface area (Å²) in [6.45, 7) is 3.25. The van der Waals surface area contributed by atoms with Gasteiger partial charge in [-0.25, -0.2) is 18.1 Å². The molecule has 1 fully saturated rings. The molecule has 0 saturated heterocycles. The number of imidazole rings is 1. The summed E-state index contributed by atoms with van der Waals surface area (Å²) in [4.78, 5) is 18.0. The number of sulfonamides is 1. The molecule has 3 N–H and O–H groups in total. The van der Waals surface area contributed by atoms with Gasteiger partial charge in [0.05, 0.1) is 11.6 Å². The number of nitrogens with zero attached hydrogens (tertiary/aromatic N) is 1. The highest BCUT2D eigenvalue weighted by molar-refractivity contribution is 7.89. The maximum absolute atomic E-state index is 12.2. The molecule has 7 nitrogen and oxygen atoms in total. The SMILES string of the molecule is Cc1ncc(S(=O)(=O)NC2CCCCC2(C)C(=O)O)[nH]1. The summed E-state index contributed by atoms with van der Waals surface area (Å²) in [5.74, 6) is -0.472. The highest BCUT2D eigenvalue weighted by Crippen LogP contribution is 2.37. The average Bonchev–Trinajstić information content (AvgIpc) is 2.79. The van der Waals surface area contributed by atoms with Crippen LogP contribution in [0.1, 0.15) is 38.4 Å². The quantitative estimate of drug-likeness (QED) is 0.769. The van der Waals surface area contributed by atoms with Gasteiger partial charge in [0.1, 0.15) is 5.82 Å². The lowest BCUT2D eigenvalue weighted by Crippen LogP contribution is -2.52. The van der Waals surface area contributed by atoms with E-state index in [9.17, 15) is 18.3 Å². The van der Waals surface area contributed by atoms with Gasteiger partial charge in [-0.3, -0.25) is 4.79 Å². The van der Waals surface area contributed by atoms with E-state index in [1.807, 2.05) is 0 Å². The van der Waals surface area contributed by atoms with Gasteiger partial charge in [-0.05, 0) is 26.7 Å². The number of aliphatic carboxylic acids is 1. The van der Waals surface area contributed by atoms with Crippen LogP contribution in [0.25, 0.3) is 0 Å². The smallest absolute Gasteiger partial charge is 0.310 e. The second-order valence-electron chi connectivity index (χ2n) is 5.48. The first-order valence-corrected chi connectivity index (χ1v) is 8.01. The number of aryl methyl sites for hydroxylation is 1. The van der Waals surface area contributed by atoms with Crippen molar-refractivity contribution >= 4 is 16.0 Å². The topological polar surface area (TPSA) is 112 Å². The first-order chi connectivity index (χ1) is 9.25. The number of hydrogen-bond acceptors (Lipinski definition) is 4. The lowest BCUT2D eigenvalue weighted by Gasteiger charge is -2.37. The van der Waals surface area contributed by atoms with E-state index in [0.717, 1.165) is 12.8 Å². The van der Waals surface area contributed by atoms with Crippen molar-refractivity contribution < 1.29 is 18.3 Å². The number of aromatic nitrogens is 2. The van der Waals surface area contributed by atoms with Crippen molar-refractivity contribution in [1.82, 2.24) is 14.7 Å². The Morgan fingerprint density at radius 3 is 2.80 bits per heavy atom. The zero-order valence-electron chi connectivity index (χ0n) is 11.5. The summed E-state index contributed by atoms with van der Waals surface area (Å²) >= 11 is 0. The van der Waals surface area contributed by atoms with Gasteiger partial charge >= 0.3 is 5.97 Å². The standard InChI is InChI=1S/C12H19N3O4S/c1-8-13-7-10(14-8)20(18,19)15-9-5-3-4-6-12(9,2)11(16)17/h7,9,15H,3-6H2,1-2H3,(H,13,14)(H,16,17). The third kappa shape index (κ3) is 2.71. The predicted octanol–water partition coefficient (Wildman–Crippen LogP) is 1.03. The minimum atomic E-state index is -3.78. The average molecular weight is 301 g/mol. The summed E-state index contributed by atoms with van der Waals surface area (Å²) in [5, 5.41) is 9.35. The fraction of sp³-hybridized carbons (Fsp3) is 0.667. The Morgan fingerprint density at radius 2 is 2.25 bits per heavy atom. The van der Waals surface area contributed by atoms with Crippen LogP contribution in [0.3, 0.4) is 0 Å². The molecule has 0 spiro atoms. The second-order valence-corrected chi connectivity index (χ2v) is 7.16. The first kappa shape index (κ1) is 15.0. The Hall–Kier alpha value is -1.41. The van der Waals surface area contributed by atoms with E-state index < -0.39 is 27.4 Å². The van der Waals surface area contributed by atoms with Gasteiger partial charge in [0.15, 0.2) is 5.03 Å². The molecule has 112 valence electrons. The number of hydrogen-bond donors (Lipinski definition) is 3. The molecule has 1 aromatic heterocycles. The van der Waals surface area contributed by atoms with Crippen LogP contribution in [0, 0.1) is 12.3 Å². The molecule has 1 saturated carbocycles. The highest BCUT2D eigenvalue weighted by atomic mass is 32.2. The zero-order valence-corrected chi connectivity index (χ0v) is 12.3. The lowest BCUT2D eigenvalue weighted by molar-refractivity contribution is -0.151. The van der Waals surface area contributed by atoms with Crippen LogP contribution in [0.2, 0.25) is 0 Å². The minimum absolute atomic E-state index is 0.0340. The van der Waals surface area contributed by atoms with Gasteiger partial charge in [-0.1, -0.05) is 12.8 Å². The predicted molar refractivity (Wildman–Crippen MR) is 71.6 cm³/mol. The molecule has 20 heavy (non-hydrogen) atoms. The van der Waals surface area contributed by atoms with Crippen LogP contribution in [-0.4, -0.2) is 35.5 Å². The van der Waals surface area contributed by atoms with Crippen LogP contribution in [0.4, 0.5) is 0 Å². The van der Waals surface area contributed by atoms with E-state index >= 15 is 0 Å². The Morgan fingerprint density at radius 1 is 1.55 bits per heavy atom. The van der Waals surface area contributed by atoms with Crippen LogP contribution in [-0.2, 0) is 14.8 Å². The summed E-state index contributed by atoms with van der Waals surface area (Å²) in [7, 11) is -3.78. The van der Waals surface area contributed by atoms with Crippen molar-refractivity contribution in [2.24, 2.45) is 5.41 Å². The van der Waals surface area contributed by atoms with E-state index in [0.29, 0.717) is 18.7 Å². The van der Waals surface area contributed by atoms with Crippen molar-refractivity contribution in [1.29, 1.82) is 0 Å². The maximum atomic E-state index is 12.2. The molecule has 0 aliphatic heterocycles. The third-order valence-electron chi connectivity index (χ3n) is 3.96. The molecule has 8 heteroatoms. The van der Waals surface area contributed by atoms with Gasteiger partial charge in [0.2, 0.25) is 0 Å². The molecule has 2 unspecified atom stereocenters. The van der Waals surface area contributed by atoms with Crippen LogP contribution in [0.15, 0.2) is 11.2 Å². The molecule has 1 heterocycles. The van der Waals surface area contributed by atoms with Crippen molar-refractivity contribution in [3.8, 4) is 0 Å². The molecule has 2 rings (SSSR count). The Balaban J connectivity index is 2.25. The van der Waals surface area contributed by atoms with Crippen LogP contribution in [0.5, 0.6) is 0 Å². The highest BCUT2D eigenvalue weighted by Gasteiger charge is 2.45. The largest absolute Gasteiger partial charge is 0.481 e. The molecule has 0 aromatic carbocycles. The summed E-state index contributed by atoms with van der Waals surface area (Å²) in [5.41, 5.74) is -1.07. The van der Waals surface area contributed by atoms with Gasteiger partial charge in [-0.15, -0.1) is 0 Å². The Labute approximate surface area is 117 Å². The summed E-state index contributed by atoms with van der Waals surface area (Å²) in [6.07, 6.45) is 3.84. The molecule has 1 aliphatic carbocycles. The van der Waals surface area contributed by atoms with Gasteiger partial charge in [0, 0.05) is 6.04 Å². The normalized spacial score (nSPS) is 27.4. The van der Waals surface area contributed by atoms with Gasteiger partial charge < -0.3 is 10.1 Å². The fourth-order valence-corrected chi connectivity index (χ4v) is 3.92. The van der Waals surface area contributed by atoms with E-state index in [2.05, 4.69) is 14.7 Å². The number of rotatable bonds is 4. The van der Waals surface area contributed by atoms with Crippen molar-refractivity contribution in [3.63, 3.8) is 0 Å². The minimum Gasteiger partial charge on any atom is -0.481 e. The third-order valence-corrected chi connectivity index (χ3v) is 5.34. The fourth-order valence-electron chi connectivity index (χ4n) is 2.56. The molecule has 1 aromatic rings. The van der Waals surface area contributed by atoms with Crippen molar-refractivity contribution in [2.45, 2.75) is 50.6 Å². The van der Waals surface area contributed by atoms with E-state index in [1.165, 1.54) is 6.20 Å². The molecule has 1 aliphatic rings. The zero-order chi connectivity index (χ0) is 15.0. The van der Waals surface area contributed by atoms with Crippen LogP contribution >= 0.6 is 0 Å². The monoisotopic (exact) mass is 301 g/mol. The number of carbonyl (C=O) groups is 1. The molecular formula is C12H19N3O4S. The molecule has 2 atom stereocenters. The number of aromatic amines is 1. The van der Waals surface area contributed by atoms with Crippen molar-refractivity contribution in [3.05, 3.63) is 12.0 Å². The summed E-state index contributed by atoms with van der Waals surface area (Å²) in [6, 6.07) is -0.609. The molecule has 0 radical (unpaired) electrons. The number of carboxylic acids is 1. The van der Waals surface area contributed by atoms with Crippen molar-refractivity contribution in [2.75, 3.05) is 0 Å². The number of carboxylic acid groups (broad SMARTS) is 1. The second kappa shape index (κ2) is 5.17. The maximum Gasteiger partial charge on any atom is 0.310 e. The molecule has 0 amide bonds. The Kier molecular flexibility index (Phi) is 3.88. The Bertz CT molecular complexity index is 610. The van der Waals surface area contributed by atoms with Gasteiger partial charge in [0.25, 0.3) is 10.0 Å². The van der Waals surface area contributed by atoms with E-state index in [4.69, 9.17) is 0 Å². The lowest BCUT2D eigenvalue weighted by atomic mass is 9.72.